The summed E-state index contributed by atoms with van der Waals surface area (Å²) < 4.78 is 45.9. The van der Waals surface area contributed by atoms with Crippen molar-refractivity contribution < 1.29 is 22.0 Å². The van der Waals surface area contributed by atoms with Gasteiger partial charge in [0.05, 0.1) is 6.54 Å². The van der Waals surface area contributed by atoms with Crippen LogP contribution in [-0.4, -0.2) is 31.7 Å². The number of hydrogen-bond donors (Lipinski definition) is 0. The lowest BCUT2D eigenvalue weighted by atomic mass is 10.2. The molecule has 1 aliphatic heterocycles. The van der Waals surface area contributed by atoms with E-state index in [4.69, 9.17) is 4.42 Å². The van der Waals surface area contributed by atoms with Crippen LogP contribution in [0, 0.1) is 5.82 Å². The minimum absolute atomic E-state index is 0.0773. The standard InChI is InChI=1S/C21H21FN2O4S2/c22-16-6-8-17(9-7-16)24(15-18-5-4-14-29-18)21(25)19-10-11-20(28-19)30(26,27)23-12-2-1-3-13-23/h4-11,14H,1-3,12-13,15H2. The fourth-order valence-corrected chi connectivity index (χ4v) is 5.52. The predicted molar refractivity (Wildman–Crippen MR) is 113 cm³/mol. The fraction of sp³-hybridized carbons (Fsp3) is 0.286. The van der Waals surface area contributed by atoms with E-state index in [1.54, 1.807) is 0 Å². The molecule has 9 heteroatoms. The number of halogens is 1. The highest BCUT2D eigenvalue weighted by Crippen LogP contribution is 2.26. The Hall–Kier alpha value is -2.49. The minimum Gasteiger partial charge on any atom is -0.438 e. The Balaban J connectivity index is 1.62. The van der Waals surface area contributed by atoms with Gasteiger partial charge in [0, 0.05) is 23.7 Å². The SMILES string of the molecule is O=C(c1ccc(S(=O)(=O)N2CCCCC2)o1)N(Cc1cccs1)c1ccc(F)cc1. The summed E-state index contributed by atoms with van der Waals surface area (Å²) in [5.41, 5.74) is 0.492. The van der Waals surface area contributed by atoms with Gasteiger partial charge in [-0.25, -0.2) is 12.8 Å². The highest BCUT2D eigenvalue weighted by molar-refractivity contribution is 7.89. The number of furan rings is 1. The van der Waals surface area contributed by atoms with Crippen molar-refractivity contribution in [3.8, 4) is 0 Å². The molecule has 1 aromatic carbocycles. The lowest BCUT2D eigenvalue weighted by molar-refractivity contribution is 0.0953. The summed E-state index contributed by atoms with van der Waals surface area (Å²) >= 11 is 1.49. The van der Waals surface area contributed by atoms with E-state index in [0.717, 1.165) is 24.1 Å². The van der Waals surface area contributed by atoms with E-state index in [0.29, 0.717) is 18.8 Å². The summed E-state index contributed by atoms with van der Waals surface area (Å²) in [6.45, 7) is 1.16. The number of sulfonamides is 1. The van der Waals surface area contributed by atoms with Gasteiger partial charge in [-0.1, -0.05) is 12.5 Å². The molecule has 4 rings (SSSR count). The quantitative estimate of drug-likeness (QED) is 0.557. The molecule has 3 heterocycles. The molecule has 0 saturated carbocycles. The van der Waals surface area contributed by atoms with Crippen molar-refractivity contribution in [1.29, 1.82) is 0 Å². The van der Waals surface area contributed by atoms with Gasteiger partial charge in [-0.05, 0) is 60.7 Å². The van der Waals surface area contributed by atoms with E-state index in [-0.39, 0.29) is 17.4 Å². The van der Waals surface area contributed by atoms with Crippen LogP contribution in [-0.2, 0) is 16.6 Å². The van der Waals surface area contributed by atoms with Gasteiger partial charge in [0.2, 0.25) is 5.09 Å². The Morgan fingerprint density at radius 1 is 1.07 bits per heavy atom. The van der Waals surface area contributed by atoms with Crippen LogP contribution in [0.2, 0.25) is 0 Å². The van der Waals surface area contributed by atoms with Crippen LogP contribution in [0.25, 0.3) is 0 Å². The van der Waals surface area contributed by atoms with Gasteiger partial charge in [0.15, 0.2) is 5.76 Å². The Morgan fingerprint density at radius 3 is 2.47 bits per heavy atom. The molecule has 158 valence electrons. The van der Waals surface area contributed by atoms with Gasteiger partial charge in [-0.3, -0.25) is 4.79 Å². The number of hydrogen-bond acceptors (Lipinski definition) is 5. The van der Waals surface area contributed by atoms with Crippen LogP contribution in [0.1, 0.15) is 34.7 Å². The van der Waals surface area contributed by atoms with Gasteiger partial charge >= 0.3 is 0 Å². The summed E-state index contributed by atoms with van der Waals surface area (Å²) in [5.74, 6) is -0.975. The number of carbonyl (C=O) groups is 1. The average Bonchev–Trinajstić information content (AvgIpc) is 3.45. The van der Waals surface area contributed by atoms with Crippen molar-refractivity contribution >= 4 is 33.0 Å². The molecule has 0 atom stereocenters. The maximum atomic E-state index is 13.4. The van der Waals surface area contributed by atoms with E-state index < -0.39 is 21.7 Å². The Bertz CT molecular complexity index is 1100. The number of benzene rings is 1. The maximum Gasteiger partial charge on any atom is 0.294 e. The lowest BCUT2D eigenvalue weighted by Crippen LogP contribution is -2.35. The molecule has 2 aromatic heterocycles. The number of anilines is 1. The van der Waals surface area contributed by atoms with Crippen molar-refractivity contribution in [2.75, 3.05) is 18.0 Å². The van der Waals surface area contributed by atoms with Crippen molar-refractivity contribution in [3.63, 3.8) is 0 Å². The van der Waals surface area contributed by atoms with Crippen molar-refractivity contribution in [2.45, 2.75) is 30.9 Å². The molecular weight excluding hydrogens is 427 g/mol. The highest BCUT2D eigenvalue weighted by Gasteiger charge is 2.31. The fourth-order valence-electron chi connectivity index (χ4n) is 3.40. The molecular formula is C21H21FN2O4S2. The maximum absolute atomic E-state index is 13.4. The molecule has 0 spiro atoms. The first kappa shape index (κ1) is 20.8. The molecule has 0 N–H and O–H groups in total. The molecule has 3 aromatic rings. The van der Waals surface area contributed by atoms with Gasteiger partial charge in [0.25, 0.3) is 15.9 Å². The van der Waals surface area contributed by atoms with E-state index in [1.807, 2.05) is 17.5 Å². The minimum atomic E-state index is -3.77. The van der Waals surface area contributed by atoms with Crippen molar-refractivity contribution in [2.24, 2.45) is 0 Å². The van der Waals surface area contributed by atoms with Crippen LogP contribution in [0.3, 0.4) is 0 Å². The predicted octanol–water partition coefficient (Wildman–Crippen LogP) is 4.50. The Kier molecular flexibility index (Phi) is 6.03. The first-order valence-electron chi connectivity index (χ1n) is 9.65. The Morgan fingerprint density at radius 2 is 1.80 bits per heavy atom. The molecule has 1 amide bonds. The van der Waals surface area contributed by atoms with Crippen molar-refractivity contribution in [3.05, 3.63) is 70.4 Å². The molecule has 6 nitrogen and oxygen atoms in total. The summed E-state index contributed by atoms with van der Waals surface area (Å²) in [7, 11) is -3.77. The number of thiophene rings is 1. The summed E-state index contributed by atoms with van der Waals surface area (Å²) in [6.07, 6.45) is 2.62. The molecule has 0 aliphatic carbocycles. The number of nitrogens with zero attached hydrogens (tertiary/aromatic N) is 2. The first-order valence-corrected chi connectivity index (χ1v) is 12.0. The van der Waals surface area contributed by atoms with Gasteiger partial charge in [-0.15, -0.1) is 11.3 Å². The van der Waals surface area contributed by atoms with Crippen LogP contribution in [0.15, 0.2) is 63.4 Å². The van der Waals surface area contributed by atoms with E-state index >= 15 is 0 Å². The van der Waals surface area contributed by atoms with Crippen LogP contribution in [0.5, 0.6) is 0 Å². The van der Waals surface area contributed by atoms with Crippen LogP contribution < -0.4 is 4.90 Å². The van der Waals surface area contributed by atoms with E-state index in [1.165, 1.54) is 56.9 Å². The number of carbonyl (C=O) groups excluding carboxylic acids is 1. The third-order valence-electron chi connectivity index (χ3n) is 4.98. The second-order valence-corrected chi connectivity index (χ2v) is 9.93. The summed E-state index contributed by atoms with van der Waals surface area (Å²) in [4.78, 5) is 15.6. The molecule has 30 heavy (non-hydrogen) atoms. The first-order chi connectivity index (χ1) is 14.4. The van der Waals surface area contributed by atoms with Crippen LogP contribution >= 0.6 is 11.3 Å². The molecule has 1 fully saturated rings. The lowest BCUT2D eigenvalue weighted by Gasteiger charge is -2.24. The van der Waals surface area contributed by atoms with Crippen molar-refractivity contribution in [1.82, 2.24) is 4.31 Å². The third-order valence-corrected chi connectivity index (χ3v) is 7.61. The summed E-state index contributed by atoms with van der Waals surface area (Å²) in [5, 5.41) is 1.67. The second kappa shape index (κ2) is 8.71. The third kappa shape index (κ3) is 4.33. The normalized spacial score (nSPS) is 15.2. The van der Waals surface area contributed by atoms with Gasteiger partial charge < -0.3 is 9.32 Å². The number of piperidine rings is 1. The molecule has 1 aliphatic rings. The largest absolute Gasteiger partial charge is 0.438 e. The average molecular weight is 449 g/mol. The van der Waals surface area contributed by atoms with Crippen LogP contribution in [0.4, 0.5) is 10.1 Å². The molecule has 0 bridgehead atoms. The second-order valence-electron chi connectivity index (χ2n) is 7.03. The molecule has 0 radical (unpaired) electrons. The molecule has 0 unspecified atom stereocenters. The zero-order chi connectivity index (χ0) is 21.1. The Labute approximate surface area is 178 Å². The highest BCUT2D eigenvalue weighted by atomic mass is 32.2. The summed E-state index contributed by atoms with van der Waals surface area (Å²) in [6, 6.07) is 12.0. The zero-order valence-electron chi connectivity index (χ0n) is 16.2. The van der Waals surface area contributed by atoms with Gasteiger partial charge in [-0.2, -0.15) is 4.31 Å². The monoisotopic (exact) mass is 448 g/mol. The molecule has 1 saturated heterocycles. The number of amides is 1. The van der Waals surface area contributed by atoms with E-state index in [2.05, 4.69) is 0 Å². The topological polar surface area (TPSA) is 70.8 Å². The zero-order valence-corrected chi connectivity index (χ0v) is 17.8. The van der Waals surface area contributed by atoms with Gasteiger partial charge in [0.1, 0.15) is 5.82 Å². The smallest absolute Gasteiger partial charge is 0.294 e. The number of rotatable bonds is 6. The van der Waals surface area contributed by atoms with E-state index in [9.17, 15) is 17.6 Å².